The fraction of sp³-hybridized carbons (Fsp3) is 0.571. The Bertz CT molecular complexity index is 442. The molecule has 5 nitrogen and oxygen atoms in total. The Kier molecular flexibility index (Phi) is 4.74. The number of ether oxygens (including phenoxy) is 1. The number of amides is 1. The van der Waals surface area contributed by atoms with E-state index < -0.39 is 5.91 Å². The number of primary amides is 1. The lowest BCUT2D eigenvalue weighted by molar-refractivity contribution is 0.0999. The zero-order chi connectivity index (χ0) is 13.7. The monoisotopic (exact) mass is 263 g/mol. The number of hydrogen-bond donors (Lipinski definition) is 2. The molecule has 1 aliphatic rings. The first kappa shape index (κ1) is 13.8. The van der Waals surface area contributed by atoms with Crippen molar-refractivity contribution in [1.82, 2.24) is 10.3 Å². The Labute approximate surface area is 113 Å². The third-order valence-electron chi connectivity index (χ3n) is 3.39. The van der Waals surface area contributed by atoms with Gasteiger partial charge in [-0.3, -0.25) is 4.79 Å². The average molecular weight is 263 g/mol. The number of rotatable bonds is 5. The predicted molar refractivity (Wildman–Crippen MR) is 73.2 cm³/mol. The van der Waals surface area contributed by atoms with E-state index in [-0.39, 0.29) is 0 Å². The minimum Gasteiger partial charge on any atom is -0.478 e. The van der Waals surface area contributed by atoms with Crippen molar-refractivity contribution in [3.8, 4) is 5.88 Å². The van der Waals surface area contributed by atoms with E-state index in [9.17, 15) is 4.79 Å². The van der Waals surface area contributed by atoms with Crippen LogP contribution in [0.2, 0.25) is 0 Å². The molecule has 0 aliphatic carbocycles. The maximum atomic E-state index is 11.2. The molecular formula is C14H21N3O2. The molecule has 1 unspecified atom stereocenters. The van der Waals surface area contributed by atoms with E-state index in [2.05, 4.69) is 10.3 Å². The van der Waals surface area contributed by atoms with Crippen molar-refractivity contribution in [1.29, 1.82) is 0 Å². The highest BCUT2D eigenvalue weighted by Gasteiger charge is 2.13. The van der Waals surface area contributed by atoms with Gasteiger partial charge in [-0.05, 0) is 51.3 Å². The molecule has 1 amide bonds. The normalized spacial score (nSPS) is 19.1. The van der Waals surface area contributed by atoms with Crippen molar-refractivity contribution in [2.24, 2.45) is 11.7 Å². The zero-order valence-corrected chi connectivity index (χ0v) is 11.3. The van der Waals surface area contributed by atoms with E-state index in [4.69, 9.17) is 10.5 Å². The molecule has 1 aliphatic heterocycles. The number of nitrogens with zero attached hydrogens (tertiary/aromatic N) is 1. The lowest BCUT2D eigenvalue weighted by Crippen LogP contribution is -2.30. The van der Waals surface area contributed by atoms with Crippen LogP contribution in [0, 0.1) is 12.8 Å². The fourth-order valence-electron chi connectivity index (χ4n) is 2.35. The van der Waals surface area contributed by atoms with Crippen LogP contribution < -0.4 is 15.8 Å². The number of piperidine rings is 1. The molecule has 1 aromatic rings. The summed E-state index contributed by atoms with van der Waals surface area (Å²) in [6.45, 7) is 4.64. The van der Waals surface area contributed by atoms with E-state index in [1.54, 1.807) is 12.1 Å². The van der Waals surface area contributed by atoms with Crippen LogP contribution in [0.4, 0.5) is 0 Å². The van der Waals surface area contributed by atoms with Gasteiger partial charge in [0.25, 0.3) is 0 Å². The van der Waals surface area contributed by atoms with Crippen molar-refractivity contribution in [2.75, 3.05) is 19.7 Å². The Balaban J connectivity index is 1.86. The molecule has 1 atom stereocenters. The summed E-state index contributed by atoms with van der Waals surface area (Å²) in [5, 5.41) is 3.38. The Hall–Kier alpha value is -1.62. The molecule has 104 valence electrons. The van der Waals surface area contributed by atoms with Gasteiger partial charge in [0.05, 0.1) is 6.61 Å². The molecule has 2 heterocycles. The topological polar surface area (TPSA) is 77.2 Å². The van der Waals surface area contributed by atoms with Crippen LogP contribution >= 0.6 is 0 Å². The molecule has 0 spiro atoms. The number of carbonyl (C=O) groups excluding carboxylic acids is 1. The molecule has 0 saturated carbocycles. The summed E-state index contributed by atoms with van der Waals surface area (Å²) in [7, 11) is 0. The number of aryl methyl sites for hydroxylation is 1. The largest absolute Gasteiger partial charge is 0.478 e. The van der Waals surface area contributed by atoms with Crippen LogP contribution in [-0.4, -0.2) is 30.6 Å². The van der Waals surface area contributed by atoms with Crippen LogP contribution in [0.15, 0.2) is 12.1 Å². The van der Waals surface area contributed by atoms with Gasteiger partial charge in [0, 0.05) is 17.3 Å². The number of nitrogens with two attached hydrogens (primary N) is 1. The van der Waals surface area contributed by atoms with Crippen LogP contribution in [-0.2, 0) is 0 Å². The molecule has 3 N–H and O–H groups in total. The Morgan fingerprint density at radius 1 is 1.58 bits per heavy atom. The molecule has 5 heteroatoms. The fourth-order valence-corrected chi connectivity index (χ4v) is 2.35. The molecule has 19 heavy (non-hydrogen) atoms. The molecule has 1 saturated heterocycles. The van der Waals surface area contributed by atoms with Crippen LogP contribution in [0.3, 0.4) is 0 Å². The van der Waals surface area contributed by atoms with Crippen molar-refractivity contribution in [3.05, 3.63) is 23.4 Å². The van der Waals surface area contributed by atoms with Crippen molar-refractivity contribution < 1.29 is 9.53 Å². The van der Waals surface area contributed by atoms with E-state index in [1.165, 1.54) is 12.8 Å². The smallest absolute Gasteiger partial charge is 0.248 e. The van der Waals surface area contributed by atoms with Crippen LogP contribution in [0.25, 0.3) is 0 Å². The van der Waals surface area contributed by atoms with Crippen molar-refractivity contribution >= 4 is 5.91 Å². The molecule has 0 radical (unpaired) electrons. The first-order chi connectivity index (χ1) is 9.15. The van der Waals surface area contributed by atoms with E-state index >= 15 is 0 Å². The second kappa shape index (κ2) is 6.52. The highest BCUT2D eigenvalue weighted by Crippen LogP contribution is 2.16. The average Bonchev–Trinajstić information content (AvgIpc) is 2.39. The third kappa shape index (κ3) is 4.21. The summed E-state index contributed by atoms with van der Waals surface area (Å²) in [5.41, 5.74) is 6.45. The standard InChI is InChI=1S/C14H21N3O2/c1-10-7-12(14(15)18)8-13(17-10)19-6-4-11-3-2-5-16-9-11/h7-8,11,16H,2-6,9H2,1H3,(H2,15,18). The summed E-state index contributed by atoms with van der Waals surface area (Å²) in [6, 6.07) is 3.27. The van der Waals surface area contributed by atoms with Gasteiger partial charge in [0.15, 0.2) is 0 Å². The zero-order valence-electron chi connectivity index (χ0n) is 11.3. The lowest BCUT2D eigenvalue weighted by Gasteiger charge is -2.22. The maximum absolute atomic E-state index is 11.2. The van der Waals surface area contributed by atoms with Gasteiger partial charge in [0.1, 0.15) is 0 Å². The van der Waals surface area contributed by atoms with Gasteiger partial charge in [0.2, 0.25) is 11.8 Å². The molecule has 1 aromatic heterocycles. The van der Waals surface area contributed by atoms with Crippen LogP contribution in [0.5, 0.6) is 5.88 Å². The minimum atomic E-state index is -0.452. The first-order valence-corrected chi connectivity index (χ1v) is 6.77. The van der Waals surface area contributed by atoms with E-state index in [0.717, 1.165) is 25.2 Å². The second-order valence-electron chi connectivity index (χ2n) is 5.05. The number of hydrogen-bond acceptors (Lipinski definition) is 4. The van der Waals surface area contributed by atoms with Crippen LogP contribution in [0.1, 0.15) is 35.3 Å². The maximum Gasteiger partial charge on any atom is 0.248 e. The second-order valence-corrected chi connectivity index (χ2v) is 5.05. The van der Waals surface area contributed by atoms with Gasteiger partial charge in [-0.15, -0.1) is 0 Å². The summed E-state index contributed by atoms with van der Waals surface area (Å²) < 4.78 is 5.63. The number of carbonyl (C=O) groups is 1. The summed E-state index contributed by atoms with van der Waals surface area (Å²) in [5.74, 6) is 0.707. The lowest BCUT2D eigenvalue weighted by atomic mass is 9.97. The highest BCUT2D eigenvalue weighted by atomic mass is 16.5. The molecular weight excluding hydrogens is 242 g/mol. The van der Waals surface area contributed by atoms with E-state index in [1.807, 2.05) is 6.92 Å². The quantitative estimate of drug-likeness (QED) is 0.838. The summed E-state index contributed by atoms with van der Waals surface area (Å²) in [4.78, 5) is 15.4. The third-order valence-corrected chi connectivity index (χ3v) is 3.39. The van der Waals surface area contributed by atoms with E-state index in [0.29, 0.717) is 24.0 Å². The molecule has 0 bridgehead atoms. The van der Waals surface area contributed by atoms with Crippen molar-refractivity contribution in [3.63, 3.8) is 0 Å². The molecule has 0 aromatic carbocycles. The predicted octanol–water partition coefficient (Wildman–Crippen LogP) is 1.26. The number of pyridine rings is 1. The summed E-state index contributed by atoms with van der Waals surface area (Å²) in [6.07, 6.45) is 3.50. The minimum absolute atomic E-state index is 0.446. The van der Waals surface area contributed by atoms with Gasteiger partial charge in [-0.25, -0.2) is 4.98 Å². The Morgan fingerprint density at radius 2 is 2.42 bits per heavy atom. The number of nitrogens with one attached hydrogen (secondary N) is 1. The van der Waals surface area contributed by atoms with Gasteiger partial charge >= 0.3 is 0 Å². The summed E-state index contributed by atoms with van der Waals surface area (Å²) >= 11 is 0. The molecule has 2 rings (SSSR count). The SMILES string of the molecule is Cc1cc(C(N)=O)cc(OCCC2CCCNC2)n1. The van der Waals surface area contributed by atoms with Crippen molar-refractivity contribution in [2.45, 2.75) is 26.2 Å². The Morgan fingerprint density at radius 3 is 3.11 bits per heavy atom. The first-order valence-electron chi connectivity index (χ1n) is 6.77. The molecule has 1 fully saturated rings. The van der Waals surface area contributed by atoms with Gasteiger partial charge in [-0.1, -0.05) is 0 Å². The van der Waals surface area contributed by atoms with Gasteiger partial charge < -0.3 is 15.8 Å². The van der Waals surface area contributed by atoms with Gasteiger partial charge in [-0.2, -0.15) is 0 Å². The highest BCUT2D eigenvalue weighted by molar-refractivity contribution is 5.93. The number of aromatic nitrogens is 1.